The first-order chi connectivity index (χ1) is 12.7. The van der Waals surface area contributed by atoms with Gasteiger partial charge < -0.3 is 19.3 Å². The molecule has 0 aliphatic carbocycles. The van der Waals surface area contributed by atoms with Gasteiger partial charge in [-0.25, -0.2) is 0 Å². The molecule has 3 heterocycles. The lowest BCUT2D eigenvalue weighted by molar-refractivity contribution is 0.106. The zero-order valence-electron chi connectivity index (χ0n) is 15.0. The van der Waals surface area contributed by atoms with Crippen LogP contribution >= 0.6 is 0 Å². The molecule has 26 heavy (non-hydrogen) atoms. The number of anilines is 1. The molecular formula is C18H21N5O3. The van der Waals surface area contributed by atoms with Crippen LogP contribution in [0, 0.1) is 6.92 Å². The molecule has 1 fully saturated rings. The number of methoxy groups -OCH3 is 1. The van der Waals surface area contributed by atoms with E-state index in [0.717, 1.165) is 29.0 Å². The lowest BCUT2D eigenvalue weighted by Crippen LogP contribution is -2.23. The third-order valence-corrected chi connectivity index (χ3v) is 4.75. The normalized spacial score (nSPS) is 19.7. The second kappa shape index (κ2) is 6.80. The molecule has 1 aliphatic rings. The van der Waals surface area contributed by atoms with E-state index in [0.29, 0.717) is 18.4 Å². The van der Waals surface area contributed by atoms with Gasteiger partial charge in [0.05, 0.1) is 19.3 Å². The van der Waals surface area contributed by atoms with Gasteiger partial charge in [0, 0.05) is 30.5 Å². The molecule has 8 heteroatoms. The molecule has 0 radical (unpaired) electrons. The van der Waals surface area contributed by atoms with Crippen LogP contribution in [-0.2, 0) is 11.8 Å². The van der Waals surface area contributed by atoms with Crippen LogP contribution in [0.25, 0.3) is 11.4 Å². The van der Waals surface area contributed by atoms with Crippen molar-refractivity contribution in [3.63, 3.8) is 0 Å². The highest BCUT2D eigenvalue weighted by molar-refractivity contribution is 5.56. The summed E-state index contributed by atoms with van der Waals surface area (Å²) in [7, 11) is 3.56. The fourth-order valence-electron chi connectivity index (χ4n) is 3.14. The fourth-order valence-corrected chi connectivity index (χ4v) is 3.14. The van der Waals surface area contributed by atoms with E-state index < -0.39 is 0 Å². The molecule has 0 amide bonds. The molecular weight excluding hydrogens is 334 g/mol. The molecule has 1 N–H and O–H groups in total. The fraction of sp³-hybridized carbons (Fsp3) is 0.389. The zero-order chi connectivity index (χ0) is 18.1. The highest BCUT2D eigenvalue weighted by Crippen LogP contribution is 2.33. The molecule has 2 atom stereocenters. The highest BCUT2D eigenvalue weighted by atomic mass is 16.5. The van der Waals surface area contributed by atoms with E-state index in [-0.39, 0.29) is 12.1 Å². The van der Waals surface area contributed by atoms with Gasteiger partial charge in [-0.2, -0.15) is 10.1 Å². The molecule has 0 unspecified atom stereocenters. The first-order valence-corrected chi connectivity index (χ1v) is 8.50. The molecule has 3 aromatic rings. The summed E-state index contributed by atoms with van der Waals surface area (Å²) in [4.78, 5) is 4.45. The van der Waals surface area contributed by atoms with Crippen molar-refractivity contribution in [1.82, 2.24) is 19.9 Å². The summed E-state index contributed by atoms with van der Waals surface area (Å²) in [6.45, 7) is 2.71. The third kappa shape index (κ3) is 3.03. The molecule has 2 aromatic heterocycles. The average molecular weight is 355 g/mol. The maximum atomic E-state index is 5.92. The zero-order valence-corrected chi connectivity index (χ0v) is 15.0. The Morgan fingerprint density at radius 1 is 1.27 bits per heavy atom. The highest BCUT2D eigenvalue weighted by Gasteiger charge is 2.33. The Labute approximate surface area is 151 Å². The summed E-state index contributed by atoms with van der Waals surface area (Å²) in [6.07, 6.45) is 2.63. The summed E-state index contributed by atoms with van der Waals surface area (Å²) in [5.41, 5.74) is 3.04. The van der Waals surface area contributed by atoms with Gasteiger partial charge in [-0.3, -0.25) is 4.68 Å². The average Bonchev–Trinajstić information content (AvgIpc) is 3.38. The maximum absolute atomic E-state index is 5.92. The van der Waals surface area contributed by atoms with E-state index in [1.807, 2.05) is 49.1 Å². The summed E-state index contributed by atoms with van der Waals surface area (Å²) in [5, 5.41) is 11.7. The van der Waals surface area contributed by atoms with Crippen molar-refractivity contribution >= 4 is 6.01 Å². The molecule has 1 aliphatic heterocycles. The Hall–Kier alpha value is -2.87. The van der Waals surface area contributed by atoms with Gasteiger partial charge in [0.25, 0.3) is 0 Å². The van der Waals surface area contributed by atoms with Crippen molar-refractivity contribution in [2.24, 2.45) is 7.05 Å². The Morgan fingerprint density at radius 2 is 2.08 bits per heavy atom. The topological polar surface area (TPSA) is 87.2 Å². The van der Waals surface area contributed by atoms with E-state index in [1.54, 1.807) is 7.11 Å². The molecule has 0 spiro atoms. The molecule has 1 aromatic carbocycles. The molecule has 0 saturated carbocycles. The van der Waals surface area contributed by atoms with Gasteiger partial charge in [-0.1, -0.05) is 5.16 Å². The minimum atomic E-state index is -0.0833. The van der Waals surface area contributed by atoms with Crippen LogP contribution < -0.4 is 10.1 Å². The first-order valence-electron chi connectivity index (χ1n) is 8.50. The number of aromatic nitrogens is 4. The van der Waals surface area contributed by atoms with Crippen LogP contribution in [0.15, 0.2) is 35.0 Å². The van der Waals surface area contributed by atoms with Crippen LogP contribution in [0.1, 0.15) is 23.8 Å². The van der Waals surface area contributed by atoms with Gasteiger partial charge in [0.2, 0.25) is 5.82 Å². The number of nitrogens with one attached hydrogen (secondary N) is 1. The van der Waals surface area contributed by atoms with Crippen LogP contribution in [-0.4, -0.2) is 39.7 Å². The van der Waals surface area contributed by atoms with Gasteiger partial charge >= 0.3 is 6.01 Å². The maximum Gasteiger partial charge on any atom is 0.322 e. The van der Waals surface area contributed by atoms with Crippen molar-refractivity contribution in [3.05, 3.63) is 41.7 Å². The summed E-state index contributed by atoms with van der Waals surface area (Å²) >= 11 is 0. The van der Waals surface area contributed by atoms with Crippen LogP contribution in [0.3, 0.4) is 0 Å². The van der Waals surface area contributed by atoms with Crippen molar-refractivity contribution in [2.75, 3.05) is 19.0 Å². The number of aryl methyl sites for hydroxylation is 1. The first kappa shape index (κ1) is 16.6. The number of nitrogens with zero attached hydrogens (tertiary/aromatic N) is 4. The number of hydrogen-bond donors (Lipinski definition) is 1. The predicted molar refractivity (Wildman–Crippen MR) is 95.0 cm³/mol. The summed E-state index contributed by atoms with van der Waals surface area (Å²) < 4.78 is 18.3. The van der Waals surface area contributed by atoms with E-state index in [1.165, 1.54) is 0 Å². The van der Waals surface area contributed by atoms with Crippen LogP contribution in [0.4, 0.5) is 6.01 Å². The predicted octanol–water partition coefficient (Wildman–Crippen LogP) is 2.73. The van der Waals surface area contributed by atoms with E-state index in [4.69, 9.17) is 14.0 Å². The van der Waals surface area contributed by atoms with E-state index in [2.05, 4.69) is 20.6 Å². The van der Waals surface area contributed by atoms with Crippen LogP contribution in [0.2, 0.25) is 0 Å². The Morgan fingerprint density at radius 3 is 2.77 bits per heavy atom. The quantitative estimate of drug-likeness (QED) is 0.753. The van der Waals surface area contributed by atoms with E-state index in [9.17, 15) is 0 Å². The van der Waals surface area contributed by atoms with Crippen molar-refractivity contribution in [2.45, 2.75) is 25.5 Å². The monoisotopic (exact) mass is 355 g/mol. The molecule has 4 rings (SSSR count). The Kier molecular flexibility index (Phi) is 4.34. The smallest absolute Gasteiger partial charge is 0.322 e. The second-order valence-corrected chi connectivity index (χ2v) is 6.29. The molecule has 0 bridgehead atoms. The van der Waals surface area contributed by atoms with Gasteiger partial charge in [0.15, 0.2) is 0 Å². The van der Waals surface area contributed by atoms with Gasteiger partial charge in [-0.15, -0.1) is 0 Å². The van der Waals surface area contributed by atoms with Gasteiger partial charge in [0.1, 0.15) is 11.9 Å². The SMILES string of the molecule is COc1ccc(-c2noc(N[C@H]3CCO[C@@H]3c3cnn(C)c3C)n2)cc1. The number of ether oxygens (including phenoxy) is 2. The number of rotatable bonds is 5. The van der Waals surface area contributed by atoms with Gasteiger partial charge in [-0.05, 0) is 37.6 Å². The summed E-state index contributed by atoms with van der Waals surface area (Å²) in [5.74, 6) is 1.32. The van der Waals surface area contributed by atoms with Crippen molar-refractivity contribution in [1.29, 1.82) is 0 Å². The minimum Gasteiger partial charge on any atom is -0.497 e. The van der Waals surface area contributed by atoms with Crippen LogP contribution in [0.5, 0.6) is 5.75 Å². The van der Waals surface area contributed by atoms with Crippen molar-refractivity contribution in [3.8, 4) is 17.1 Å². The minimum absolute atomic E-state index is 0.0575. The van der Waals surface area contributed by atoms with Crippen molar-refractivity contribution < 1.29 is 14.0 Å². The number of benzene rings is 1. The largest absolute Gasteiger partial charge is 0.497 e. The van der Waals surface area contributed by atoms with E-state index >= 15 is 0 Å². The lowest BCUT2D eigenvalue weighted by Gasteiger charge is -2.18. The molecule has 8 nitrogen and oxygen atoms in total. The Balaban J connectivity index is 1.50. The Bertz CT molecular complexity index is 887. The molecule has 1 saturated heterocycles. The lowest BCUT2D eigenvalue weighted by atomic mass is 10.0. The standard InChI is InChI=1S/C18H21N5O3/c1-11-14(10-19-23(11)2)16-15(8-9-25-16)20-18-21-17(22-26-18)12-4-6-13(24-3)7-5-12/h4-7,10,15-16H,8-9H2,1-3H3,(H,20,21,22)/t15-,16+/m0/s1. The second-order valence-electron chi connectivity index (χ2n) is 6.29. The summed E-state index contributed by atoms with van der Waals surface area (Å²) in [6, 6.07) is 7.97. The number of hydrogen-bond acceptors (Lipinski definition) is 7. The molecule has 136 valence electrons. The third-order valence-electron chi connectivity index (χ3n) is 4.75.